The highest BCUT2D eigenvalue weighted by atomic mass is 16.7. The van der Waals surface area contributed by atoms with E-state index in [1.54, 1.807) is 48.5 Å². The molecule has 2 aromatic rings. The minimum Gasteiger partial charge on any atom is -0.447 e. The molecule has 36 heteroatoms. The first-order valence-corrected chi connectivity index (χ1v) is 37.2. The molecule has 6 amide bonds. The first-order chi connectivity index (χ1) is 51.3. The number of benzene rings is 2. The van der Waals surface area contributed by atoms with E-state index in [-0.39, 0.29) is 30.9 Å². The van der Waals surface area contributed by atoms with Gasteiger partial charge in [-0.2, -0.15) is 0 Å². The summed E-state index contributed by atoms with van der Waals surface area (Å²) < 4.78 is 57.3. The van der Waals surface area contributed by atoms with E-state index in [2.05, 4.69) is 45.7 Å². The van der Waals surface area contributed by atoms with Gasteiger partial charge in [-0.05, 0) is 54.7 Å². The highest BCUT2D eigenvalue weighted by molar-refractivity contribution is 5.90. The van der Waals surface area contributed by atoms with Gasteiger partial charge in [-0.1, -0.05) is 141 Å². The van der Waals surface area contributed by atoms with Crippen molar-refractivity contribution in [3.63, 3.8) is 0 Å². The third-order valence-electron chi connectivity index (χ3n) is 19.1. The molecular weight excluding hydrogens is 1420 g/mol. The Balaban J connectivity index is 1.17. The van der Waals surface area contributed by atoms with Crippen molar-refractivity contribution in [3.8, 4) is 0 Å². The standard InChI is InChI=1S/C71H118N6O30/c1-3-5-7-9-11-13-15-17-19-29-72-68(96)102-40-70(36-98-62-58(90)54(86)50(82)46(32-78)104-62,37-99-63-59(91)55(87)51(83)47(33-79)105-63)76-66(94)74-44-25-21-42(22-26-44)31-43-23-27-45(28-24-43)75-67(95)77-71(38-100-64-60(92)56(88)52(84)48(34-80)106-64,39-101-65-61(93)57(89)53(85)49(35-81)107-65)41-103-69(97)73-30-20-18-16-14-12-10-8-6-4-2/h21-28,46-65,78-93H,3-20,29-41H2,1-2H3,(H,72,96)(H,73,97)(H2,74,76,94)(H2,75,77,95)/t46-,47-,48-,49-,50+,51+,52+,53+,54+,55+,56+,57+,58-,59-,60-,61-,62-,63-,64-,65-/m1/s1. The van der Waals surface area contributed by atoms with Crippen LogP contribution in [0.3, 0.4) is 0 Å². The number of aliphatic hydroxyl groups is 16. The van der Waals surface area contributed by atoms with Gasteiger partial charge in [0.25, 0.3) is 0 Å². The molecule has 20 atom stereocenters. The first kappa shape index (κ1) is 90.4. The maximum absolute atomic E-state index is 14.3. The number of carbonyl (C=O) groups is 4. The Labute approximate surface area is 622 Å². The van der Waals surface area contributed by atoms with Crippen molar-refractivity contribution in [1.82, 2.24) is 21.3 Å². The number of anilines is 2. The van der Waals surface area contributed by atoms with Gasteiger partial charge in [-0.25, -0.2) is 19.2 Å². The van der Waals surface area contributed by atoms with Crippen molar-refractivity contribution in [3.05, 3.63) is 59.7 Å². The fourth-order valence-electron chi connectivity index (χ4n) is 12.5. The van der Waals surface area contributed by atoms with Gasteiger partial charge in [0.05, 0.1) is 52.9 Å². The molecule has 4 saturated heterocycles. The van der Waals surface area contributed by atoms with Gasteiger partial charge in [0, 0.05) is 24.5 Å². The minimum absolute atomic E-state index is 0.198. The Morgan fingerprint density at radius 1 is 0.346 bits per heavy atom. The molecule has 0 bridgehead atoms. The molecule has 0 spiro atoms. The smallest absolute Gasteiger partial charge is 0.407 e. The molecule has 0 radical (unpaired) electrons. The van der Waals surface area contributed by atoms with Crippen LogP contribution in [0.15, 0.2) is 48.5 Å². The fraction of sp³-hybridized carbons (Fsp3) is 0.775. The number of urea groups is 2. The van der Waals surface area contributed by atoms with Crippen molar-refractivity contribution in [2.24, 2.45) is 0 Å². The zero-order chi connectivity index (χ0) is 78.1. The Morgan fingerprint density at radius 3 is 0.850 bits per heavy atom. The number of carbonyl (C=O) groups excluding carboxylic acids is 4. The Bertz CT molecular complexity index is 2580. The zero-order valence-electron chi connectivity index (χ0n) is 61.0. The van der Waals surface area contributed by atoms with Crippen molar-refractivity contribution in [2.75, 3.05) is 89.8 Å². The van der Waals surface area contributed by atoms with E-state index in [0.29, 0.717) is 24.0 Å². The summed E-state index contributed by atoms with van der Waals surface area (Å²) >= 11 is 0. The van der Waals surface area contributed by atoms with Crippen LogP contribution >= 0.6 is 0 Å². The molecule has 0 aliphatic carbocycles. The largest absolute Gasteiger partial charge is 0.447 e. The lowest BCUT2D eigenvalue weighted by Crippen LogP contribution is -2.64. The lowest BCUT2D eigenvalue weighted by molar-refractivity contribution is -0.314. The summed E-state index contributed by atoms with van der Waals surface area (Å²) in [5.41, 5.74) is -2.37. The maximum atomic E-state index is 14.3. The molecule has 6 rings (SSSR count). The van der Waals surface area contributed by atoms with Crippen LogP contribution in [0, 0.1) is 0 Å². The minimum atomic E-state index is -2.09. The van der Waals surface area contributed by atoms with Crippen LogP contribution in [-0.4, -0.2) is 319 Å². The van der Waals surface area contributed by atoms with Crippen LogP contribution in [-0.2, 0) is 53.8 Å². The fourth-order valence-corrected chi connectivity index (χ4v) is 12.5. The second kappa shape index (κ2) is 47.0. The highest BCUT2D eigenvalue weighted by Gasteiger charge is 2.51. The van der Waals surface area contributed by atoms with Crippen LogP contribution < -0.4 is 31.9 Å². The zero-order valence-corrected chi connectivity index (χ0v) is 61.0. The topological polar surface area (TPSA) is 556 Å². The van der Waals surface area contributed by atoms with Crippen LogP contribution in [0.25, 0.3) is 0 Å². The first-order valence-electron chi connectivity index (χ1n) is 37.2. The highest BCUT2D eigenvalue weighted by Crippen LogP contribution is 2.30. The second-order valence-electron chi connectivity index (χ2n) is 28.0. The van der Waals surface area contributed by atoms with Gasteiger partial charge >= 0.3 is 24.2 Å². The number of aliphatic hydroxyl groups excluding tert-OH is 16. The molecule has 22 N–H and O–H groups in total. The quantitative estimate of drug-likeness (QED) is 0.0345. The molecule has 4 aliphatic heterocycles. The monoisotopic (exact) mass is 1530 g/mol. The van der Waals surface area contributed by atoms with Crippen molar-refractivity contribution >= 4 is 35.6 Å². The molecular formula is C71H118N6O30. The number of amides is 6. The number of nitrogens with one attached hydrogen (secondary N) is 6. The van der Waals surface area contributed by atoms with Crippen LogP contribution in [0.1, 0.15) is 141 Å². The van der Waals surface area contributed by atoms with E-state index in [9.17, 15) is 101 Å². The number of hydrogen-bond acceptors (Lipinski definition) is 30. The number of alkyl carbamates (subject to hydrolysis) is 2. The third-order valence-corrected chi connectivity index (χ3v) is 19.1. The second-order valence-corrected chi connectivity index (χ2v) is 28.0. The summed E-state index contributed by atoms with van der Waals surface area (Å²) in [5.74, 6) is 0. The van der Waals surface area contributed by atoms with E-state index >= 15 is 0 Å². The molecule has 0 saturated carbocycles. The summed E-state index contributed by atoms with van der Waals surface area (Å²) in [6.45, 7) is -3.41. The van der Waals surface area contributed by atoms with Crippen LogP contribution in [0.2, 0.25) is 0 Å². The third kappa shape index (κ3) is 28.7. The summed E-state index contributed by atoms with van der Waals surface area (Å²) in [7, 11) is 0. The van der Waals surface area contributed by atoms with E-state index in [0.717, 1.165) is 77.0 Å². The average molecular weight is 1540 g/mol. The van der Waals surface area contributed by atoms with Crippen molar-refractivity contribution in [2.45, 2.75) is 270 Å². The predicted molar refractivity (Wildman–Crippen MR) is 377 cm³/mol. The summed E-state index contributed by atoms with van der Waals surface area (Å²) in [6, 6.07) is 10.9. The van der Waals surface area contributed by atoms with E-state index < -0.39 is 224 Å². The summed E-state index contributed by atoms with van der Waals surface area (Å²) in [4.78, 5) is 55.3. The van der Waals surface area contributed by atoms with Gasteiger partial charge < -0.3 is 161 Å². The molecule has 0 unspecified atom stereocenters. The molecule has 4 aliphatic rings. The molecule has 612 valence electrons. The average Bonchev–Trinajstić information content (AvgIpc) is 0.810. The molecule has 107 heavy (non-hydrogen) atoms. The predicted octanol–water partition coefficient (Wildman–Crippen LogP) is -1.22. The maximum Gasteiger partial charge on any atom is 0.407 e. The van der Waals surface area contributed by atoms with Crippen LogP contribution in [0.5, 0.6) is 0 Å². The van der Waals surface area contributed by atoms with Crippen LogP contribution in [0.4, 0.5) is 30.6 Å². The van der Waals surface area contributed by atoms with E-state index in [1.165, 1.54) is 25.7 Å². The summed E-state index contributed by atoms with van der Waals surface area (Å²) in [6.07, 6.45) is -18.7. The van der Waals surface area contributed by atoms with Gasteiger partial charge in [0.2, 0.25) is 0 Å². The lowest BCUT2D eigenvalue weighted by Gasteiger charge is -2.43. The number of ether oxygens (including phenoxy) is 10. The Hall–Kier alpha value is -5.44. The lowest BCUT2D eigenvalue weighted by atomic mass is 9.98. The van der Waals surface area contributed by atoms with E-state index in [4.69, 9.17) is 47.4 Å². The van der Waals surface area contributed by atoms with Gasteiger partial charge in [0.1, 0.15) is 122 Å². The molecule has 4 fully saturated rings. The molecule has 0 aromatic heterocycles. The molecule has 2 aromatic carbocycles. The number of hydrogen-bond donors (Lipinski definition) is 22. The SMILES string of the molecule is CCCCCCCCCCCNC(=O)OCC(CO[C@@H]1O[C@H](CO)[C@H](O)[C@H](O)[C@H]1O)(CO[C@@H]1O[C@H](CO)[C@H](O)[C@H](O)[C@H]1O)NC(=O)Nc1ccc(Cc2ccc(NC(=O)NC(COC(=O)NCCCCCCCCCCC)(CO[C@@H]3O[C@H](CO)[C@H](O)[C@H](O)[C@H]3O)CO[C@@H]3O[C@H](CO)[C@H](O)[C@H](O)[C@H]3O)cc2)cc1. The van der Waals surface area contributed by atoms with Crippen molar-refractivity contribution < 1.29 is 148 Å². The van der Waals surface area contributed by atoms with Crippen molar-refractivity contribution in [1.29, 1.82) is 0 Å². The molecule has 4 heterocycles. The number of rotatable bonds is 46. The van der Waals surface area contributed by atoms with Gasteiger partial charge in [-0.3, -0.25) is 0 Å². The number of unbranched alkanes of at least 4 members (excludes halogenated alkanes) is 16. The normalized spacial score (nSPS) is 29.0. The van der Waals surface area contributed by atoms with Gasteiger partial charge in [-0.15, -0.1) is 0 Å². The Kier molecular flexibility index (Phi) is 39.8. The van der Waals surface area contributed by atoms with Gasteiger partial charge in [0.15, 0.2) is 25.2 Å². The summed E-state index contributed by atoms with van der Waals surface area (Å²) in [5, 5.41) is 184. The molecule has 36 nitrogen and oxygen atoms in total. The Morgan fingerprint density at radius 2 is 0.598 bits per heavy atom. The van der Waals surface area contributed by atoms with E-state index in [1.807, 2.05) is 0 Å².